The molecule has 0 spiro atoms. The molecule has 0 aromatic heterocycles. The molecule has 0 bridgehead atoms. The highest BCUT2D eigenvalue weighted by molar-refractivity contribution is 6.30. The normalized spacial score (nSPS) is 42.0. The summed E-state index contributed by atoms with van der Waals surface area (Å²) < 4.78 is 28.6. The molecule has 44 heavy (non-hydrogen) atoms. The van der Waals surface area contributed by atoms with Crippen molar-refractivity contribution >= 4 is 11.6 Å². The Hall–Kier alpha value is -0.0900. The van der Waals surface area contributed by atoms with Gasteiger partial charge in [-0.15, -0.1) is 0 Å². The summed E-state index contributed by atoms with van der Waals surface area (Å²) in [6.07, 6.45) is -16.4. The summed E-state index contributed by atoms with van der Waals surface area (Å²) in [5.74, 6) is 0.456. The Morgan fingerprint density at radius 2 is 1.18 bits per heavy atom. The van der Waals surface area contributed by atoms with E-state index in [2.05, 4.69) is 0 Å². The van der Waals surface area contributed by atoms with Crippen molar-refractivity contribution in [2.24, 2.45) is 22.9 Å². The molecule has 15 nitrogen and oxygen atoms in total. The maximum absolute atomic E-state index is 11.2. The maximum Gasteiger partial charge on any atom is 0.187 e. The van der Waals surface area contributed by atoms with Gasteiger partial charge in [0, 0.05) is 23.7 Å². The van der Waals surface area contributed by atoms with Crippen molar-refractivity contribution in [1.29, 1.82) is 0 Å². The third-order valence-electron chi connectivity index (χ3n) is 7.53. The van der Waals surface area contributed by atoms with E-state index < -0.39 is 91.7 Å². The zero-order valence-corrected chi connectivity index (χ0v) is 26.8. The van der Waals surface area contributed by atoms with Gasteiger partial charge in [0.05, 0.1) is 6.04 Å². The van der Waals surface area contributed by atoms with Gasteiger partial charge in [0.15, 0.2) is 12.6 Å². The van der Waals surface area contributed by atoms with E-state index in [1.807, 2.05) is 0 Å². The van der Waals surface area contributed by atoms with E-state index in [1.165, 1.54) is 0 Å². The highest BCUT2D eigenvalue weighted by Crippen LogP contribution is 2.31. The minimum atomic E-state index is -1.67. The lowest BCUT2D eigenvalue weighted by Crippen LogP contribution is -3.00. The summed E-state index contributed by atoms with van der Waals surface area (Å²) in [6, 6.07) is 3.64. The van der Waals surface area contributed by atoms with Crippen molar-refractivity contribution in [2.75, 3.05) is 13.2 Å². The SMILES string of the molecule is NCC1O[C@H](OC2C(N)CC(N)[C@@H](OC3O[C@H](COc4ccc(Cl)cc4)C(O)[C@@H](N)[C@H]3O)[C@H]2O)C(O)[C@@H](O)[C@@H]1O.[Cl-].[Cl-].[Cl-].[Cl-]. The standard InChI is InChI=1S/C24H39ClN4O11.4ClH/c25-8-1-3-9(4-2-8)36-7-13-15(30)14(29)17(32)23(38-13)39-21-10(27)5-11(28)22(20(21)35)40-24-19(34)18(33)16(31)12(6-26)37-24;;;;/h1-4,10-24,30-35H,5-7,26-29H2;4*1H/p-4/t10?,11?,12?,13-,14-,15?,16-,17-,18+,19?,20-,21-,22?,23?,24-;;;;/m1..../s1. The highest BCUT2D eigenvalue weighted by Gasteiger charge is 2.51. The first kappa shape index (κ1) is 43.9. The topological polar surface area (TPSA) is 272 Å². The van der Waals surface area contributed by atoms with Gasteiger partial charge in [-0.3, -0.25) is 0 Å². The number of aliphatic hydroxyl groups is 6. The van der Waals surface area contributed by atoms with Crippen LogP contribution in [0.2, 0.25) is 5.02 Å². The number of benzene rings is 1. The molecule has 1 aromatic carbocycles. The van der Waals surface area contributed by atoms with Gasteiger partial charge in [0.25, 0.3) is 0 Å². The Kier molecular flexibility index (Phi) is 19.0. The summed E-state index contributed by atoms with van der Waals surface area (Å²) in [7, 11) is 0. The predicted molar refractivity (Wildman–Crippen MR) is 138 cm³/mol. The molecule has 0 radical (unpaired) electrons. The number of halogens is 5. The zero-order valence-electron chi connectivity index (χ0n) is 23.0. The van der Waals surface area contributed by atoms with Gasteiger partial charge in [-0.25, -0.2) is 0 Å². The van der Waals surface area contributed by atoms with Crippen molar-refractivity contribution in [3.63, 3.8) is 0 Å². The molecule has 2 aliphatic heterocycles. The summed E-state index contributed by atoms with van der Waals surface area (Å²) in [5, 5.41) is 63.5. The van der Waals surface area contributed by atoms with Crippen molar-refractivity contribution in [2.45, 2.75) is 98.2 Å². The molecule has 15 atom stereocenters. The fourth-order valence-electron chi connectivity index (χ4n) is 5.10. The van der Waals surface area contributed by atoms with E-state index in [4.69, 9.17) is 58.2 Å². The summed E-state index contributed by atoms with van der Waals surface area (Å²) in [6.45, 7) is -0.320. The number of aliphatic hydroxyl groups excluding tert-OH is 6. The third-order valence-corrected chi connectivity index (χ3v) is 7.78. The van der Waals surface area contributed by atoms with Crippen LogP contribution < -0.4 is 77.3 Å². The second kappa shape index (κ2) is 19.0. The van der Waals surface area contributed by atoms with E-state index >= 15 is 0 Å². The largest absolute Gasteiger partial charge is 1.00 e. The zero-order chi connectivity index (χ0) is 29.3. The lowest BCUT2D eigenvalue weighted by atomic mass is 9.84. The fourth-order valence-corrected chi connectivity index (χ4v) is 5.22. The van der Waals surface area contributed by atoms with Gasteiger partial charge in [-0.2, -0.15) is 0 Å². The molecule has 3 aliphatic rings. The molecule has 2 saturated heterocycles. The number of rotatable bonds is 8. The molecule has 7 unspecified atom stereocenters. The maximum atomic E-state index is 11.2. The van der Waals surface area contributed by atoms with Gasteiger partial charge in [-0.1, -0.05) is 11.6 Å². The summed E-state index contributed by atoms with van der Waals surface area (Å²) in [5.41, 5.74) is 24.0. The van der Waals surface area contributed by atoms with Crippen LogP contribution in [-0.2, 0) is 18.9 Å². The van der Waals surface area contributed by atoms with E-state index in [0.29, 0.717) is 10.8 Å². The van der Waals surface area contributed by atoms with Crippen LogP contribution in [0.25, 0.3) is 0 Å². The monoisotopic (exact) mass is 734 g/mol. The second-order valence-corrected chi connectivity index (χ2v) is 10.8. The van der Waals surface area contributed by atoms with Gasteiger partial charge in [0.1, 0.15) is 73.4 Å². The first-order chi connectivity index (χ1) is 18.9. The smallest absolute Gasteiger partial charge is 0.187 e. The van der Waals surface area contributed by atoms with Crippen LogP contribution in [0.15, 0.2) is 24.3 Å². The molecule has 3 fully saturated rings. The van der Waals surface area contributed by atoms with Gasteiger partial charge in [0.2, 0.25) is 0 Å². The van der Waals surface area contributed by atoms with E-state index in [-0.39, 0.29) is 69.2 Å². The lowest BCUT2D eigenvalue weighted by Gasteiger charge is -2.48. The third kappa shape index (κ3) is 9.73. The fraction of sp³-hybridized carbons (Fsp3) is 0.750. The predicted octanol–water partition coefficient (Wildman–Crippen LogP) is -16.5. The number of ether oxygens (including phenoxy) is 5. The Morgan fingerprint density at radius 3 is 1.70 bits per heavy atom. The molecule has 0 amide bonds. The number of hydrogen-bond donors (Lipinski definition) is 10. The van der Waals surface area contributed by atoms with Crippen LogP contribution >= 0.6 is 11.6 Å². The number of hydrogen-bond acceptors (Lipinski definition) is 15. The molecule has 1 saturated carbocycles. The average molecular weight is 737 g/mol. The minimum absolute atomic E-state index is 0. The average Bonchev–Trinajstić information content (AvgIpc) is 2.93. The van der Waals surface area contributed by atoms with Gasteiger partial charge >= 0.3 is 0 Å². The van der Waals surface area contributed by atoms with Crippen molar-refractivity contribution in [3.05, 3.63) is 29.3 Å². The summed E-state index contributed by atoms with van der Waals surface area (Å²) in [4.78, 5) is 0. The van der Waals surface area contributed by atoms with Crippen molar-refractivity contribution in [1.82, 2.24) is 0 Å². The van der Waals surface area contributed by atoms with Crippen LogP contribution in [0.1, 0.15) is 6.42 Å². The van der Waals surface area contributed by atoms with Crippen LogP contribution in [0.3, 0.4) is 0 Å². The summed E-state index contributed by atoms with van der Waals surface area (Å²) >= 11 is 5.89. The Morgan fingerprint density at radius 1 is 0.682 bits per heavy atom. The lowest BCUT2D eigenvalue weighted by molar-refractivity contribution is -0.331. The Labute approximate surface area is 284 Å². The molecule has 4 rings (SSSR count). The minimum Gasteiger partial charge on any atom is -1.00 e. The highest BCUT2D eigenvalue weighted by atomic mass is 35.5. The Balaban J connectivity index is 0.00000462. The molecule has 1 aromatic rings. The van der Waals surface area contributed by atoms with Crippen LogP contribution in [0.4, 0.5) is 0 Å². The number of nitrogens with two attached hydrogens (primary N) is 4. The molecular formula is C24H39Cl5N4O11-4. The van der Waals surface area contributed by atoms with E-state index in [9.17, 15) is 30.6 Å². The van der Waals surface area contributed by atoms with Gasteiger partial charge < -0.3 is 127 Å². The molecule has 14 N–H and O–H groups in total. The quantitative estimate of drug-likeness (QED) is 0.119. The van der Waals surface area contributed by atoms with Crippen LogP contribution in [-0.4, -0.2) is 136 Å². The van der Waals surface area contributed by atoms with Crippen molar-refractivity contribution in [3.8, 4) is 5.75 Å². The Bertz CT molecular complexity index is 968. The first-order valence-corrected chi connectivity index (χ1v) is 13.4. The molecular weight excluding hydrogens is 698 g/mol. The first-order valence-electron chi connectivity index (χ1n) is 13.0. The molecule has 2 heterocycles. The van der Waals surface area contributed by atoms with Gasteiger partial charge in [-0.05, 0) is 30.7 Å². The van der Waals surface area contributed by atoms with E-state index in [1.54, 1.807) is 24.3 Å². The second-order valence-electron chi connectivity index (χ2n) is 10.4. The van der Waals surface area contributed by atoms with Crippen molar-refractivity contribution < 1.29 is 104 Å². The van der Waals surface area contributed by atoms with E-state index in [0.717, 1.165) is 0 Å². The molecule has 260 valence electrons. The molecule has 1 aliphatic carbocycles. The van der Waals surface area contributed by atoms with Crippen LogP contribution in [0.5, 0.6) is 5.75 Å². The van der Waals surface area contributed by atoms with Crippen LogP contribution in [0, 0.1) is 0 Å². The molecule has 20 heteroatoms.